The van der Waals surface area contributed by atoms with Crippen molar-refractivity contribution >= 4 is 34.8 Å². The topological polar surface area (TPSA) is 144 Å². The highest BCUT2D eigenvalue weighted by Crippen LogP contribution is 2.47. The minimum atomic E-state index is -0.771. The predicted octanol–water partition coefficient (Wildman–Crippen LogP) is 3.09. The molecule has 36 heavy (non-hydrogen) atoms. The van der Waals surface area contributed by atoms with Gasteiger partial charge in [-0.25, -0.2) is 0 Å². The molecule has 188 valence electrons. The molecule has 0 radical (unpaired) electrons. The number of benzene rings is 2. The van der Waals surface area contributed by atoms with Gasteiger partial charge in [-0.05, 0) is 63.5 Å². The molecule has 0 aromatic heterocycles. The summed E-state index contributed by atoms with van der Waals surface area (Å²) in [5.41, 5.74) is 11.6. The molecule has 8 heteroatoms. The number of hydrogen-bond acceptors (Lipinski definition) is 6. The molecule has 3 aliphatic carbocycles. The number of nitrogens with one attached hydrogen (secondary N) is 2. The van der Waals surface area contributed by atoms with Gasteiger partial charge in [-0.15, -0.1) is 0 Å². The van der Waals surface area contributed by atoms with Crippen LogP contribution in [0.2, 0.25) is 0 Å². The summed E-state index contributed by atoms with van der Waals surface area (Å²) in [6.07, 6.45) is 3.71. The summed E-state index contributed by atoms with van der Waals surface area (Å²) in [5.74, 6) is -0.949. The van der Waals surface area contributed by atoms with E-state index in [9.17, 15) is 19.2 Å². The number of carbonyl (C=O) groups is 4. The van der Waals surface area contributed by atoms with Crippen molar-refractivity contribution in [3.63, 3.8) is 0 Å². The fraction of sp³-hybridized carbons (Fsp3) is 0.429. The lowest BCUT2D eigenvalue weighted by molar-refractivity contribution is -0.126. The highest BCUT2D eigenvalue weighted by atomic mass is 16.2. The van der Waals surface area contributed by atoms with Gasteiger partial charge in [0, 0.05) is 24.2 Å². The van der Waals surface area contributed by atoms with Crippen LogP contribution in [0.4, 0.5) is 11.4 Å². The molecular formula is C28H32N4O4. The van der Waals surface area contributed by atoms with Crippen LogP contribution < -0.4 is 22.1 Å². The van der Waals surface area contributed by atoms with Gasteiger partial charge in [0.25, 0.3) is 0 Å². The molecule has 0 saturated heterocycles. The van der Waals surface area contributed by atoms with Gasteiger partial charge in [0.2, 0.25) is 11.8 Å². The summed E-state index contributed by atoms with van der Waals surface area (Å²) in [4.78, 5) is 54.0. The molecule has 2 fully saturated rings. The minimum absolute atomic E-state index is 0.0842. The van der Waals surface area contributed by atoms with E-state index in [0.717, 1.165) is 25.7 Å². The first-order valence-electron chi connectivity index (χ1n) is 12.5. The van der Waals surface area contributed by atoms with Gasteiger partial charge in [-0.3, -0.25) is 19.2 Å². The Bertz CT molecular complexity index is 1200. The van der Waals surface area contributed by atoms with E-state index in [-0.39, 0.29) is 81.9 Å². The molecular weight excluding hydrogens is 456 g/mol. The van der Waals surface area contributed by atoms with Crippen LogP contribution in [0.3, 0.4) is 0 Å². The van der Waals surface area contributed by atoms with Crippen LogP contribution in [0.25, 0.3) is 0 Å². The largest absolute Gasteiger partial charge is 0.329 e. The molecule has 8 nitrogen and oxygen atoms in total. The van der Waals surface area contributed by atoms with Gasteiger partial charge in [0.05, 0.1) is 33.3 Å². The summed E-state index contributed by atoms with van der Waals surface area (Å²) >= 11 is 0. The summed E-state index contributed by atoms with van der Waals surface area (Å²) in [7, 11) is 0. The summed E-state index contributed by atoms with van der Waals surface area (Å²) < 4.78 is 0. The lowest BCUT2D eigenvalue weighted by atomic mass is 9.80. The van der Waals surface area contributed by atoms with Gasteiger partial charge >= 0.3 is 0 Å². The Morgan fingerprint density at radius 3 is 1.42 bits per heavy atom. The van der Waals surface area contributed by atoms with Crippen LogP contribution in [-0.4, -0.2) is 36.5 Å². The van der Waals surface area contributed by atoms with E-state index in [0.29, 0.717) is 0 Å². The van der Waals surface area contributed by atoms with Crippen molar-refractivity contribution in [3.8, 4) is 0 Å². The third-order valence-electron chi connectivity index (χ3n) is 8.41. The van der Waals surface area contributed by atoms with Crippen molar-refractivity contribution in [1.29, 1.82) is 0 Å². The zero-order valence-electron chi connectivity index (χ0n) is 20.6. The van der Waals surface area contributed by atoms with Gasteiger partial charge < -0.3 is 22.1 Å². The van der Waals surface area contributed by atoms with Gasteiger partial charge in [0.15, 0.2) is 11.6 Å². The predicted molar refractivity (Wildman–Crippen MR) is 137 cm³/mol. The Kier molecular flexibility index (Phi) is 5.84. The highest BCUT2D eigenvalue weighted by Gasteiger charge is 2.48. The summed E-state index contributed by atoms with van der Waals surface area (Å²) in [6, 6.07) is 9.74. The third-order valence-corrected chi connectivity index (χ3v) is 8.41. The SMILES string of the molecule is CC(CN)(C(=O)Nc1ccc(NC(=O)C(C)(CN)C2CC2)c2c1C(=O)c1ccccc1C2=O)C1CC1. The number of ketones is 2. The highest BCUT2D eigenvalue weighted by molar-refractivity contribution is 6.32. The van der Waals surface area contributed by atoms with E-state index in [4.69, 9.17) is 11.5 Å². The van der Waals surface area contributed by atoms with Crippen LogP contribution >= 0.6 is 0 Å². The van der Waals surface area contributed by atoms with E-state index >= 15 is 0 Å². The molecule has 0 spiro atoms. The average Bonchev–Trinajstić information content (AvgIpc) is 3.79. The summed E-state index contributed by atoms with van der Waals surface area (Å²) in [6.45, 7) is 4.01. The van der Waals surface area contributed by atoms with Crippen molar-refractivity contribution in [2.24, 2.45) is 34.1 Å². The molecule has 2 atom stereocenters. The maximum absolute atomic E-state index is 13.7. The van der Waals surface area contributed by atoms with E-state index in [1.165, 1.54) is 0 Å². The molecule has 6 N–H and O–H groups in total. The van der Waals surface area contributed by atoms with Crippen molar-refractivity contribution in [2.75, 3.05) is 23.7 Å². The molecule has 0 heterocycles. The zero-order chi connectivity index (χ0) is 25.8. The fourth-order valence-electron chi connectivity index (χ4n) is 5.29. The number of nitrogens with two attached hydrogens (primary N) is 2. The van der Waals surface area contributed by atoms with E-state index in [1.54, 1.807) is 36.4 Å². The quantitative estimate of drug-likeness (QED) is 0.383. The number of hydrogen-bond donors (Lipinski definition) is 4. The first kappa shape index (κ1) is 24.3. The number of rotatable bonds is 8. The molecule has 2 amide bonds. The second kappa shape index (κ2) is 8.64. The average molecular weight is 489 g/mol. The normalized spacial score (nSPS) is 20.0. The lowest BCUT2D eigenvalue weighted by Crippen LogP contribution is -2.43. The molecule has 5 rings (SSSR count). The van der Waals surface area contributed by atoms with Crippen molar-refractivity contribution in [2.45, 2.75) is 39.5 Å². The molecule has 2 unspecified atom stereocenters. The van der Waals surface area contributed by atoms with Gasteiger partial charge in [0.1, 0.15) is 0 Å². The lowest BCUT2D eigenvalue weighted by Gasteiger charge is -2.30. The monoisotopic (exact) mass is 488 g/mol. The standard InChI is InChI=1S/C28H32N4O4/c1-27(13-29,15-7-8-15)25(35)31-19-11-12-20(32-26(36)28(2,14-30)16-9-10-16)22-21(19)23(33)17-5-3-4-6-18(17)24(22)34/h3-6,11-12,15-16H,7-10,13-14,29-30H2,1-2H3,(H,31,35)(H,32,36). The zero-order valence-corrected chi connectivity index (χ0v) is 20.6. The second-order valence-corrected chi connectivity index (χ2v) is 10.8. The molecule has 0 aliphatic heterocycles. The number of anilines is 2. The smallest absolute Gasteiger partial charge is 0.231 e. The number of fused-ring (bicyclic) bond motifs is 2. The Morgan fingerprint density at radius 2 is 1.11 bits per heavy atom. The van der Waals surface area contributed by atoms with Gasteiger partial charge in [-0.1, -0.05) is 24.3 Å². The van der Waals surface area contributed by atoms with Crippen LogP contribution in [0.15, 0.2) is 36.4 Å². The first-order valence-corrected chi connectivity index (χ1v) is 12.5. The molecule has 2 saturated carbocycles. The van der Waals surface area contributed by atoms with Gasteiger partial charge in [-0.2, -0.15) is 0 Å². The Hall–Kier alpha value is -3.36. The van der Waals surface area contributed by atoms with Crippen LogP contribution in [0.1, 0.15) is 71.4 Å². The summed E-state index contributed by atoms with van der Waals surface area (Å²) in [5, 5.41) is 5.78. The van der Waals surface area contributed by atoms with Crippen LogP contribution in [0, 0.1) is 22.7 Å². The molecule has 2 aromatic rings. The maximum Gasteiger partial charge on any atom is 0.231 e. The molecule has 2 aromatic carbocycles. The van der Waals surface area contributed by atoms with Crippen molar-refractivity contribution < 1.29 is 19.2 Å². The maximum atomic E-state index is 13.7. The number of amides is 2. The van der Waals surface area contributed by atoms with E-state index < -0.39 is 10.8 Å². The second-order valence-electron chi connectivity index (χ2n) is 10.8. The van der Waals surface area contributed by atoms with E-state index in [1.807, 2.05) is 13.8 Å². The first-order chi connectivity index (χ1) is 17.2. The van der Waals surface area contributed by atoms with Crippen LogP contribution in [0.5, 0.6) is 0 Å². The minimum Gasteiger partial charge on any atom is -0.329 e. The Labute approximate surface area is 210 Å². The molecule has 3 aliphatic rings. The van der Waals surface area contributed by atoms with Crippen molar-refractivity contribution in [3.05, 3.63) is 58.7 Å². The fourth-order valence-corrected chi connectivity index (χ4v) is 5.29. The van der Waals surface area contributed by atoms with Crippen molar-refractivity contribution in [1.82, 2.24) is 0 Å². The Morgan fingerprint density at radius 1 is 0.750 bits per heavy atom. The Balaban J connectivity index is 1.58. The molecule has 0 bridgehead atoms. The third kappa shape index (κ3) is 3.76. The van der Waals surface area contributed by atoms with E-state index in [2.05, 4.69) is 10.6 Å². The number of carbonyl (C=O) groups excluding carboxylic acids is 4. The van der Waals surface area contributed by atoms with Crippen LogP contribution in [-0.2, 0) is 9.59 Å².